The van der Waals surface area contributed by atoms with Crippen LogP contribution in [0.1, 0.15) is 35.9 Å². The van der Waals surface area contributed by atoms with Gasteiger partial charge in [-0.05, 0) is 55.2 Å². The lowest BCUT2D eigenvalue weighted by Crippen LogP contribution is -2.38. The van der Waals surface area contributed by atoms with Gasteiger partial charge in [-0.1, -0.05) is 30.3 Å². The summed E-state index contributed by atoms with van der Waals surface area (Å²) in [4.78, 5) is 42.1. The number of ether oxygens (including phenoxy) is 1. The monoisotopic (exact) mass is 491 g/mol. The van der Waals surface area contributed by atoms with Gasteiger partial charge in [-0.2, -0.15) is 0 Å². The molecule has 3 aromatic rings. The maximum Gasteiger partial charge on any atom is 0.269 e. The molecule has 2 aromatic carbocycles. The molecule has 0 atom stereocenters. The summed E-state index contributed by atoms with van der Waals surface area (Å²) in [6.45, 7) is 2.90. The lowest BCUT2D eigenvalue weighted by molar-refractivity contribution is -0.134. The number of anilines is 2. The summed E-state index contributed by atoms with van der Waals surface area (Å²) >= 11 is 1.32. The topological polar surface area (TPSA) is 79.0 Å². The standard InChI is InChI=1S/C27H29N3O4S/c1-19(31)29(2)22-13-11-21(12-14-22)28-27(33)26-23(17-24(35-26)20-9-5-3-6-10-20)34-18-25(32)30-15-7-4-8-16-30/h3,5-6,9-14,17H,4,7-8,15-16,18H2,1-2H3,(H,28,33). The maximum atomic E-state index is 13.2. The number of carbonyl (C=O) groups excluding carboxylic acids is 3. The van der Waals surface area contributed by atoms with Gasteiger partial charge in [0.15, 0.2) is 6.61 Å². The Hall–Kier alpha value is -3.65. The number of nitrogens with zero attached hydrogens (tertiary/aromatic N) is 2. The Labute approximate surface area is 209 Å². The van der Waals surface area contributed by atoms with E-state index in [-0.39, 0.29) is 24.3 Å². The molecule has 0 radical (unpaired) electrons. The number of piperidine rings is 1. The molecule has 1 fully saturated rings. The zero-order valence-electron chi connectivity index (χ0n) is 20.0. The zero-order chi connectivity index (χ0) is 24.8. The first-order chi connectivity index (χ1) is 16.9. The second-order valence-electron chi connectivity index (χ2n) is 8.48. The summed E-state index contributed by atoms with van der Waals surface area (Å²) in [5, 5.41) is 2.90. The Bertz CT molecular complexity index is 1180. The number of benzene rings is 2. The van der Waals surface area contributed by atoms with Crippen molar-refractivity contribution in [3.05, 3.63) is 65.5 Å². The molecule has 1 saturated heterocycles. The molecule has 1 aliphatic rings. The van der Waals surface area contributed by atoms with Crippen molar-refractivity contribution in [2.24, 2.45) is 0 Å². The van der Waals surface area contributed by atoms with E-state index in [9.17, 15) is 14.4 Å². The predicted molar refractivity (Wildman–Crippen MR) is 139 cm³/mol. The Morgan fingerprint density at radius 2 is 1.69 bits per heavy atom. The SMILES string of the molecule is CC(=O)N(C)c1ccc(NC(=O)c2sc(-c3ccccc3)cc2OCC(=O)N2CCCCC2)cc1. The van der Waals surface area contributed by atoms with Crippen LogP contribution < -0.4 is 15.0 Å². The average Bonchev–Trinajstić information content (AvgIpc) is 3.33. The van der Waals surface area contributed by atoms with E-state index in [1.807, 2.05) is 41.3 Å². The van der Waals surface area contributed by atoms with E-state index < -0.39 is 0 Å². The first kappa shape index (κ1) is 24.5. The number of rotatable bonds is 7. The third kappa shape index (κ3) is 6.08. The van der Waals surface area contributed by atoms with Crippen molar-refractivity contribution < 1.29 is 19.1 Å². The Morgan fingerprint density at radius 1 is 1.00 bits per heavy atom. The minimum absolute atomic E-state index is 0.0614. The van der Waals surface area contributed by atoms with Crippen LogP contribution in [0.3, 0.4) is 0 Å². The molecule has 0 bridgehead atoms. The summed E-state index contributed by atoms with van der Waals surface area (Å²) in [6, 6.07) is 18.6. The highest BCUT2D eigenvalue weighted by Gasteiger charge is 2.22. The molecule has 4 rings (SSSR count). The smallest absolute Gasteiger partial charge is 0.269 e. The molecule has 35 heavy (non-hydrogen) atoms. The van der Waals surface area contributed by atoms with E-state index in [4.69, 9.17) is 4.74 Å². The second-order valence-corrected chi connectivity index (χ2v) is 9.53. The van der Waals surface area contributed by atoms with Crippen molar-refractivity contribution in [3.8, 4) is 16.2 Å². The van der Waals surface area contributed by atoms with Crippen molar-refractivity contribution in [2.75, 3.05) is 37.0 Å². The van der Waals surface area contributed by atoms with Crippen molar-refractivity contribution in [2.45, 2.75) is 26.2 Å². The number of carbonyl (C=O) groups is 3. The molecule has 8 heteroatoms. The van der Waals surface area contributed by atoms with Gasteiger partial charge in [-0.15, -0.1) is 11.3 Å². The zero-order valence-corrected chi connectivity index (χ0v) is 20.8. The fraction of sp³-hybridized carbons (Fsp3) is 0.296. The quantitative estimate of drug-likeness (QED) is 0.502. The summed E-state index contributed by atoms with van der Waals surface area (Å²) in [5.41, 5.74) is 2.30. The van der Waals surface area contributed by atoms with Gasteiger partial charge in [0, 0.05) is 43.3 Å². The first-order valence-corrected chi connectivity index (χ1v) is 12.5. The molecular formula is C27H29N3O4S. The fourth-order valence-corrected chi connectivity index (χ4v) is 4.90. The highest BCUT2D eigenvalue weighted by Crippen LogP contribution is 2.37. The molecule has 1 aromatic heterocycles. The van der Waals surface area contributed by atoms with E-state index in [1.54, 1.807) is 31.3 Å². The predicted octanol–water partition coefficient (Wildman–Crippen LogP) is 5.04. The summed E-state index contributed by atoms with van der Waals surface area (Å²) in [5.74, 6) is -0.0571. The molecule has 1 aliphatic heterocycles. The molecule has 182 valence electrons. The van der Waals surface area contributed by atoms with Gasteiger partial charge >= 0.3 is 0 Å². The molecule has 3 amide bonds. The van der Waals surface area contributed by atoms with E-state index in [0.29, 0.717) is 16.3 Å². The van der Waals surface area contributed by atoms with Crippen LogP contribution in [0.15, 0.2) is 60.7 Å². The minimum atomic E-state index is -0.315. The fourth-order valence-electron chi connectivity index (χ4n) is 3.90. The molecule has 1 N–H and O–H groups in total. The van der Waals surface area contributed by atoms with Gasteiger partial charge in [0.1, 0.15) is 10.6 Å². The van der Waals surface area contributed by atoms with Gasteiger partial charge in [-0.25, -0.2) is 0 Å². The highest BCUT2D eigenvalue weighted by atomic mass is 32.1. The van der Waals surface area contributed by atoms with Gasteiger partial charge in [0.2, 0.25) is 5.91 Å². The Balaban J connectivity index is 1.52. The molecule has 0 aliphatic carbocycles. The molecular weight excluding hydrogens is 462 g/mol. The number of nitrogens with one attached hydrogen (secondary N) is 1. The van der Waals surface area contributed by atoms with E-state index >= 15 is 0 Å². The number of amides is 3. The van der Waals surface area contributed by atoms with Crippen LogP contribution in [0.2, 0.25) is 0 Å². The van der Waals surface area contributed by atoms with E-state index in [1.165, 1.54) is 23.2 Å². The first-order valence-electron chi connectivity index (χ1n) is 11.7. The van der Waals surface area contributed by atoms with Crippen LogP contribution in [0, 0.1) is 0 Å². The lowest BCUT2D eigenvalue weighted by atomic mass is 10.1. The maximum absolute atomic E-state index is 13.2. The molecule has 0 saturated carbocycles. The number of thiophene rings is 1. The van der Waals surface area contributed by atoms with Crippen LogP contribution in [-0.4, -0.2) is 49.4 Å². The van der Waals surface area contributed by atoms with Gasteiger partial charge in [0.05, 0.1) is 0 Å². The summed E-state index contributed by atoms with van der Waals surface area (Å²) in [7, 11) is 1.70. The normalized spacial score (nSPS) is 13.3. The molecule has 7 nitrogen and oxygen atoms in total. The Morgan fingerprint density at radius 3 is 2.34 bits per heavy atom. The van der Waals surface area contributed by atoms with Crippen molar-refractivity contribution in [1.29, 1.82) is 0 Å². The van der Waals surface area contributed by atoms with Crippen LogP contribution in [0.5, 0.6) is 5.75 Å². The molecule has 2 heterocycles. The third-order valence-electron chi connectivity index (χ3n) is 6.01. The number of hydrogen-bond acceptors (Lipinski definition) is 5. The van der Waals surface area contributed by atoms with Gasteiger partial charge in [-0.3, -0.25) is 14.4 Å². The minimum Gasteiger partial charge on any atom is -0.482 e. The van der Waals surface area contributed by atoms with Crippen molar-refractivity contribution in [3.63, 3.8) is 0 Å². The van der Waals surface area contributed by atoms with Crippen LogP contribution in [0.25, 0.3) is 10.4 Å². The summed E-state index contributed by atoms with van der Waals surface area (Å²) < 4.78 is 5.90. The Kier molecular flexibility index (Phi) is 7.82. The van der Waals surface area contributed by atoms with Gasteiger partial charge in [0.25, 0.3) is 11.8 Å². The van der Waals surface area contributed by atoms with Crippen LogP contribution in [0.4, 0.5) is 11.4 Å². The molecule has 0 unspecified atom stereocenters. The van der Waals surface area contributed by atoms with Crippen LogP contribution in [-0.2, 0) is 9.59 Å². The molecule has 0 spiro atoms. The third-order valence-corrected chi connectivity index (χ3v) is 7.17. The summed E-state index contributed by atoms with van der Waals surface area (Å²) in [6.07, 6.45) is 3.17. The highest BCUT2D eigenvalue weighted by molar-refractivity contribution is 7.17. The number of hydrogen-bond donors (Lipinski definition) is 1. The van der Waals surface area contributed by atoms with Crippen molar-refractivity contribution in [1.82, 2.24) is 4.90 Å². The van der Waals surface area contributed by atoms with E-state index in [2.05, 4.69) is 5.32 Å². The second kappa shape index (κ2) is 11.2. The number of likely N-dealkylation sites (tertiary alicyclic amines) is 1. The average molecular weight is 492 g/mol. The van der Waals surface area contributed by atoms with E-state index in [0.717, 1.165) is 48.5 Å². The van der Waals surface area contributed by atoms with Crippen LogP contribution >= 0.6 is 11.3 Å². The van der Waals surface area contributed by atoms with Gasteiger partial charge < -0.3 is 19.9 Å². The lowest BCUT2D eigenvalue weighted by Gasteiger charge is -2.26. The van der Waals surface area contributed by atoms with Crippen molar-refractivity contribution >= 4 is 40.4 Å². The largest absolute Gasteiger partial charge is 0.482 e.